The summed E-state index contributed by atoms with van der Waals surface area (Å²) < 4.78 is 10.3. The van der Waals surface area contributed by atoms with Crippen molar-refractivity contribution in [3.05, 3.63) is 54.9 Å². The standard InChI is InChI=1S/C13H9N3O2/c1-2-5-10(6-3-1)15-16-11-9-14-18-13(11)12-7-4-8-17-12/h1-9H. The van der Waals surface area contributed by atoms with Crippen molar-refractivity contribution in [1.29, 1.82) is 0 Å². The van der Waals surface area contributed by atoms with Gasteiger partial charge in [0.25, 0.3) is 0 Å². The maximum Gasteiger partial charge on any atom is 0.229 e. The maximum absolute atomic E-state index is 5.24. The largest absolute Gasteiger partial charge is 0.461 e. The highest BCUT2D eigenvalue weighted by Crippen LogP contribution is 2.31. The van der Waals surface area contributed by atoms with Crippen LogP contribution in [-0.4, -0.2) is 5.16 Å². The van der Waals surface area contributed by atoms with Crippen LogP contribution in [0.4, 0.5) is 11.4 Å². The van der Waals surface area contributed by atoms with Gasteiger partial charge in [0.05, 0.1) is 18.1 Å². The van der Waals surface area contributed by atoms with E-state index in [1.807, 2.05) is 30.3 Å². The summed E-state index contributed by atoms with van der Waals surface area (Å²) in [5.41, 5.74) is 1.30. The van der Waals surface area contributed by atoms with Crippen LogP contribution in [0.25, 0.3) is 11.5 Å². The third-order valence-electron chi connectivity index (χ3n) is 2.33. The molecule has 88 valence electrons. The zero-order chi connectivity index (χ0) is 12.2. The molecular weight excluding hydrogens is 230 g/mol. The number of hydrogen-bond donors (Lipinski definition) is 0. The summed E-state index contributed by atoms with van der Waals surface area (Å²) >= 11 is 0. The Morgan fingerprint density at radius 2 is 1.83 bits per heavy atom. The number of benzene rings is 1. The Hall–Kier alpha value is -2.69. The minimum absolute atomic E-state index is 0.472. The van der Waals surface area contributed by atoms with Gasteiger partial charge in [0.1, 0.15) is 0 Å². The lowest BCUT2D eigenvalue weighted by Gasteiger charge is -1.91. The average molecular weight is 239 g/mol. The molecule has 0 aliphatic carbocycles. The summed E-state index contributed by atoms with van der Waals surface area (Å²) in [5.74, 6) is 1.05. The Morgan fingerprint density at radius 1 is 0.944 bits per heavy atom. The van der Waals surface area contributed by atoms with Crippen LogP contribution in [0, 0.1) is 0 Å². The number of nitrogens with zero attached hydrogens (tertiary/aromatic N) is 3. The molecule has 0 radical (unpaired) electrons. The summed E-state index contributed by atoms with van der Waals surface area (Å²) in [5, 5.41) is 11.9. The zero-order valence-corrected chi connectivity index (χ0v) is 9.35. The molecule has 0 saturated carbocycles. The second kappa shape index (κ2) is 4.67. The van der Waals surface area contributed by atoms with Crippen molar-refractivity contribution in [3.8, 4) is 11.5 Å². The first kappa shape index (κ1) is 10.5. The summed E-state index contributed by atoms with van der Waals surface area (Å²) in [6, 6.07) is 13.0. The molecule has 0 aliphatic rings. The second-order valence-electron chi connectivity index (χ2n) is 3.55. The van der Waals surface area contributed by atoms with Crippen LogP contribution >= 0.6 is 0 Å². The van der Waals surface area contributed by atoms with Crippen molar-refractivity contribution >= 4 is 11.4 Å². The molecule has 5 heteroatoms. The van der Waals surface area contributed by atoms with E-state index in [9.17, 15) is 0 Å². The third kappa shape index (κ3) is 2.06. The first-order valence-electron chi connectivity index (χ1n) is 5.39. The van der Waals surface area contributed by atoms with E-state index in [0.717, 1.165) is 5.69 Å². The smallest absolute Gasteiger partial charge is 0.229 e. The highest BCUT2D eigenvalue weighted by Gasteiger charge is 2.12. The summed E-state index contributed by atoms with van der Waals surface area (Å²) in [7, 11) is 0. The predicted molar refractivity (Wildman–Crippen MR) is 64.8 cm³/mol. The fraction of sp³-hybridized carbons (Fsp3) is 0. The van der Waals surface area contributed by atoms with Crippen LogP contribution in [0.15, 0.2) is 74.1 Å². The van der Waals surface area contributed by atoms with Crippen molar-refractivity contribution < 1.29 is 8.94 Å². The van der Waals surface area contributed by atoms with Crippen molar-refractivity contribution in [2.45, 2.75) is 0 Å². The van der Waals surface area contributed by atoms with Gasteiger partial charge in [-0.15, -0.1) is 5.11 Å². The molecule has 0 bridgehead atoms. The fourth-order valence-corrected chi connectivity index (χ4v) is 1.49. The number of hydrogen-bond acceptors (Lipinski definition) is 5. The van der Waals surface area contributed by atoms with E-state index in [-0.39, 0.29) is 0 Å². The van der Waals surface area contributed by atoms with E-state index in [0.29, 0.717) is 17.2 Å². The van der Waals surface area contributed by atoms with Crippen molar-refractivity contribution in [2.24, 2.45) is 10.2 Å². The molecule has 3 rings (SSSR count). The summed E-state index contributed by atoms with van der Waals surface area (Å²) in [6.07, 6.45) is 3.07. The maximum atomic E-state index is 5.24. The number of azo groups is 1. The van der Waals surface area contributed by atoms with Gasteiger partial charge < -0.3 is 8.94 Å². The van der Waals surface area contributed by atoms with Gasteiger partial charge in [-0.3, -0.25) is 0 Å². The Bertz CT molecular complexity index is 642. The number of furan rings is 1. The van der Waals surface area contributed by atoms with E-state index in [1.165, 1.54) is 6.20 Å². The molecule has 2 aromatic heterocycles. The van der Waals surface area contributed by atoms with Crippen LogP contribution in [0.3, 0.4) is 0 Å². The average Bonchev–Trinajstić information content (AvgIpc) is 3.08. The Kier molecular flexibility index (Phi) is 2.71. The molecule has 1 aromatic carbocycles. The molecule has 0 aliphatic heterocycles. The topological polar surface area (TPSA) is 63.9 Å². The van der Waals surface area contributed by atoms with Crippen molar-refractivity contribution in [3.63, 3.8) is 0 Å². The Labute approximate surface area is 103 Å². The molecule has 0 unspecified atom stereocenters. The normalized spacial score (nSPS) is 11.1. The molecule has 2 heterocycles. The van der Waals surface area contributed by atoms with Gasteiger partial charge in [0.2, 0.25) is 5.76 Å². The SMILES string of the molecule is c1ccc(N=Nc2cnoc2-c2ccco2)cc1. The monoisotopic (exact) mass is 239 g/mol. The predicted octanol–water partition coefficient (Wildman–Crippen LogP) is 4.35. The van der Waals surface area contributed by atoms with Crippen molar-refractivity contribution in [2.75, 3.05) is 0 Å². The lowest BCUT2D eigenvalue weighted by molar-refractivity contribution is 0.418. The fourth-order valence-electron chi connectivity index (χ4n) is 1.49. The molecule has 18 heavy (non-hydrogen) atoms. The van der Waals surface area contributed by atoms with Crippen molar-refractivity contribution in [1.82, 2.24) is 5.16 Å². The number of rotatable bonds is 3. The molecule has 0 atom stereocenters. The molecule has 3 aromatic rings. The summed E-state index contributed by atoms with van der Waals surface area (Å²) in [6.45, 7) is 0. The molecule has 0 spiro atoms. The molecule has 0 saturated heterocycles. The summed E-state index contributed by atoms with van der Waals surface area (Å²) in [4.78, 5) is 0. The van der Waals surface area contributed by atoms with E-state index >= 15 is 0 Å². The Morgan fingerprint density at radius 3 is 2.61 bits per heavy atom. The Balaban J connectivity index is 1.91. The first-order chi connectivity index (χ1) is 8.93. The van der Waals surface area contributed by atoms with Gasteiger partial charge in [-0.1, -0.05) is 23.4 Å². The molecule has 0 amide bonds. The van der Waals surface area contributed by atoms with Gasteiger partial charge in [-0.05, 0) is 24.3 Å². The zero-order valence-electron chi connectivity index (χ0n) is 9.35. The molecule has 0 fully saturated rings. The lowest BCUT2D eigenvalue weighted by Crippen LogP contribution is -1.67. The van der Waals surface area contributed by atoms with Crippen LogP contribution in [0.2, 0.25) is 0 Å². The minimum Gasteiger partial charge on any atom is -0.461 e. The van der Waals surface area contributed by atoms with Crippen LogP contribution in [-0.2, 0) is 0 Å². The first-order valence-corrected chi connectivity index (χ1v) is 5.39. The molecular formula is C13H9N3O2. The van der Waals surface area contributed by atoms with Gasteiger partial charge in [-0.25, -0.2) is 0 Å². The highest BCUT2D eigenvalue weighted by molar-refractivity contribution is 5.64. The second-order valence-corrected chi connectivity index (χ2v) is 3.55. The van der Waals surface area contributed by atoms with Crippen LogP contribution < -0.4 is 0 Å². The van der Waals surface area contributed by atoms with Gasteiger partial charge in [0, 0.05) is 0 Å². The number of aromatic nitrogens is 1. The third-order valence-corrected chi connectivity index (χ3v) is 2.33. The van der Waals surface area contributed by atoms with E-state index in [1.54, 1.807) is 18.4 Å². The molecule has 0 N–H and O–H groups in total. The van der Waals surface area contributed by atoms with Crippen LogP contribution in [0.5, 0.6) is 0 Å². The lowest BCUT2D eigenvalue weighted by atomic mass is 10.3. The highest BCUT2D eigenvalue weighted by atomic mass is 16.5. The minimum atomic E-state index is 0.472. The van der Waals surface area contributed by atoms with E-state index in [4.69, 9.17) is 8.94 Å². The quantitative estimate of drug-likeness (QED) is 0.638. The van der Waals surface area contributed by atoms with E-state index < -0.39 is 0 Å². The molecule has 5 nitrogen and oxygen atoms in total. The van der Waals surface area contributed by atoms with Gasteiger partial charge in [-0.2, -0.15) is 5.11 Å². The van der Waals surface area contributed by atoms with Gasteiger partial charge in [0.15, 0.2) is 11.4 Å². The van der Waals surface area contributed by atoms with Crippen LogP contribution in [0.1, 0.15) is 0 Å². The van der Waals surface area contributed by atoms with E-state index in [2.05, 4.69) is 15.4 Å². The van der Waals surface area contributed by atoms with Gasteiger partial charge >= 0.3 is 0 Å².